The smallest absolute Gasteiger partial charge is 0.191 e. The summed E-state index contributed by atoms with van der Waals surface area (Å²) in [6.07, 6.45) is 1.01. The van der Waals surface area contributed by atoms with E-state index in [9.17, 15) is 0 Å². The van der Waals surface area contributed by atoms with E-state index in [1.165, 1.54) is 0 Å². The van der Waals surface area contributed by atoms with Crippen LogP contribution in [0, 0.1) is 0 Å². The number of piperazine rings is 1. The average Bonchev–Trinajstić information content (AvgIpc) is 2.52. The Bertz CT molecular complexity index is 303. The van der Waals surface area contributed by atoms with Crippen LogP contribution >= 0.6 is 0 Å². The molecule has 0 spiro atoms. The fourth-order valence-corrected chi connectivity index (χ4v) is 2.47. The summed E-state index contributed by atoms with van der Waals surface area (Å²) in [4.78, 5) is 9.64. The Morgan fingerprint density at radius 2 is 1.91 bits per heavy atom. The average molecular weight is 313 g/mol. The van der Waals surface area contributed by atoms with Gasteiger partial charge in [0.25, 0.3) is 0 Å². The van der Waals surface area contributed by atoms with E-state index in [1.807, 2.05) is 6.92 Å². The number of rotatable bonds is 9. The van der Waals surface area contributed by atoms with Crippen molar-refractivity contribution in [1.29, 1.82) is 0 Å². The van der Waals surface area contributed by atoms with Gasteiger partial charge < -0.3 is 20.3 Å². The van der Waals surface area contributed by atoms with Gasteiger partial charge in [-0.25, -0.2) is 0 Å². The molecule has 0 aromatic heterocycles. The Hall–Kier alpha value is -0.850. The molecule has 0 aliphatic carbocycles. The fraction of sp³-hybridized carbons (Fsp3) is 0.938. The first-order valence-corrected chi connectivity index (χ1v) is 8.69. The first kappa shape index (κ1) is 19.2. The number of hydrogen-bond acceptors (Lipinski definition) is 4. The molecule has 1 unspecified atom stereocenters. The SMILES string of the molecule is CCNC(=NCC(C)N1CCN(C)CC1)NCCCOCC. The second kappa shape index (κ2) is 11.7. The molecular weight excluding hydrogens is 278 g/mol. The van der Waals surface area contributed by atoms with Gasteiger partial charge in [0.1, 0.15) is 0 Å². The van der Waals surface area contributed by atoms with Crippen LogP contribution in [0.1, 0.15) is 27.2 Å². The molecule has 130 valence electrons. The van der Waals surface area contributed by atoms with Crippen molar-refractivity contribution in [2.75, 3.05) is 66.1 Å². The molecule has 1 rings (SSSR count). The van der Waals surface area contributed by atoms with E-state index in [4.69, 9.17) is 9.73 Å². The van der Waals surface area contributed by atoms with Crippen molar-refractivity contribution in [1.82, 2.24) is 20.4 Å². The van der Waals surface area contributed by atoms with Gasteiger partial charge in [0.05, 0.1) is 6.54 Å². The molecule has 0 aromatic rings. The molecule has 1 heterocycles. The quantitative estimate of drug-likeness (QED) is 0.371. The highest BCUT2D eigenvalue weighted by Gasteiger charge is 2.18. The van der Waals surface area contributed by atoms with Crippen molar-refractivity contribution in [3.63, 3.8) is 0 Å². The zero-order chi connectivity index (χ0) is 16.2. The van der Waals surface area contributed by atoms with E-state index < -0.39 is 0 Å². The van der Waals surface area contributed by atoms with Crippen LogP contribution in [0.4, 0.5) is 0 Å². The van der Waals surface area contributed by atoms with Gasteiger partial charge in [0.2, 0.25) is 0 Å². The van der Waals surface area contributed by atoms with Gasteiger partial charge in [-0.3, -0.25) is 9.89 Å². The molecule has 6 heteroatoms. The molecular formula is C16H35N5O. The molecule has 1 fully saturated rings. The molecule has 0 saturated carbocycles. The number of aliphatic imine (C=N–C) groups is 1. The molecule has 6 nitrogen and oxygen atoms in total. The largest absolute Gasteiger partial charge is 0.382 e. The van der Waals surface area contributed by atoms with Crippen molar-refractivity contribution in [2.24, 2.45) is 4.99 Å². The first-order chi connectivity index (χ1) is 10.7. The molecule has 1 atom stereocenters. The van der Waals surface area contributed by atoms with Crippen molar-refractivity contribution in [2.45, 2.75) is 33.2 Å². The maximum Gasteiger partial charge on any atom is 0.191 e. The Morgan fingerprint density at radius 3 is 2.55 bits per heavy atom. The number of nitrogens with one attached hydrogen (secondary N) is 2. The van der Waals surface area contributed by atoms with Crippen LogP contribution in [0.3, 0.4) is 0 Å². The lowest BCUT2D eigenvalue weighted by atomic mass is 10.2. The van der Waals surface area contributed by atoms with E-state index in [0.717, 1.165) is 71.4 Å². The number of nitrogens with zero attached hydrogens (tertiary/aromatic N) is 3. The second-order valence-corrected chi connectivity index (χ2v) is 5.89. The van der Waals surface area contributed by atoms with Gasteiger partial charge in [-0.05, 0) is 34.2 Å². The van der Waals surface area contributed by atoms with Crippen molar-refractivity contribution in [3.05, 3.63) is 0 Å². The summed E-state index contributed by atoms with van der Waals surface area (Å²) in [5, 5.41) is 6.69. The van der Waals surface area contributed by atoms with Crippen LogP contribution in [0.25, 0.3) is 0 Å². The van der Waals surface area contributed by atoms with Gasteiger partial charge in [-0.1, -0.05) is 0 Å². The number of ether oxygens (including phenoxy) is 1. The third kappa shape index (κ3) is 7.96. The van der Waals surface area contributed by atoms with Gasteiger partial charge in [-0.2, -0.15) is 0 Å². The topological polar surface area (TPSA) is 52.1 Å². The van der Waals surface area contributed by atoms with Crippen LogP contribution < -0.4 is 10.6 Å². The molecule has 1 aliphatic heterocycles. The van der Waals surface area contributed by atoms with Crippen LogP contribution in [-0.4, -0.2) is 87.9 Å². The van der Waals surface area contributed by atoms with Crippen molar-refractivity contribution >= 4 is 5.96 Å². The van der Waals surface area contributed by atoms with Crippen LogP contribution in [0.5, 0.6) is 0 Å². The Kier molecular flexibility index (Phi) is 10.2. The van der Waals surface area contributed by atoms with E-state index in [0.29, 0.717) is 6.04 Å². The minimum Gasteiger partial charge on any atom is -0.382 e. The van der Waals surface area contributed by atoms with E-state index in [2.05, 4.69) is 41.3 Å². The highest BCUT2D eigenvalue weighted by Crippen LogP contribution is 2.05. The Morgan fingerprint density at radius 1 is 1.18 bits per heavy atom. The van der Waals surface area contributed by atoms with Crippen LogP contribution in [0.2, 0.25) is 0 Å². The third-order valence-electron chi connectivity index (χ3n) is 3.98. The van der Waals surface area contributed by atoms with E-state index >= 15 is 0 Å². The number of likely N-dealkylation sites (N-methyl/N-ethyl adjacent to an activating group) is 1. The Balaban J connectivity index is 2.30. The van der Waals surface area contributed by atoms with Crippen molar-refractivity contribution < 1.29 is 4.74 Å². The molecule has 0 aromatic carbocycles. The summed E-state index contributed by atoms with van der Waals surface area (Å²) in [7, 11) is 2.19. The van der Waals surface area contributed by atoms with Crippen LogP contribution in [-0.2, 0) is 4.74 Å². The second-order valence-electron chi connectivity index (χ2n) is 5.89. The maximum atomic E-state index is 5.35. The molecule has 0 amide bonds. The highest BCUT2D eigenvalue weighted by atomic mass is 16.5. The summed E-state index contributed by atoms with van der Waals surface area (Å²) >= 11 is 0. The summed E-state index contributed by atoms with van der Waals surface area (Å²) < 4.78 is 5.35. The summed E-state index contributed by atoms with van der Waals surface area (Å²) in [5.74, 6) is 0.917. The van der Waals surface area contributed by atoms with Gasteiger partial charge >= 0.3 is 0 Å². The molecule has 1 aliphatic rings. The third-order valence-corrected chi connectivity index (χ3v) is 3.98. The van der Waals surface area contributed by atoms with Gasteiger partial charge in [0, 0.05) is 58.5 Å². The molecule has 0 bridgehead atoms. The zero-order valence-electron chi connectivity index (χ0n) is 14.9. The molecule has 1 saturated heterocycles. The fourth-order valence-electron chi connectivity index (χ4n) is 2.47. The van der Waals surface area contributed by atoms with Gasteiger partial charge in [-0.15, -0.1) is 0 Å². The molecule has 22 heavy (non-hydrogen) atoms. The number of guanidine groups is 1. The zero-order valence-corrected chi connectivity index (χ0v) is 14.9. The maximum absolute atomic E-state index is 5.35. The van der Waals surface area contributed by atoms with Crippen LogP contribution in [0.15, 0.2) is 4.99 Å². The normalized spacial score (nSPS) is 19.2. The monoisotopic (exact) mass is 313 g/mol. The Labute approximate surface area is 136 Å². The highest BCUT2D eigenvalue weighted by molar-refractivity contribution is 5.79. The summed E-state index contributed by atoms with van der Waals surface area (Å²) in [5.41, 5.74) is 0. The molecule has 0 radical (unpaired) electrons. The minimum absolute atomic E-state index is 0.493. The number of hydrogen-bond donors (Lipinski definition) is 2. The first-order valence-electron chi connectivity index (χ1n) is 8.69. The summed E-state index contributed by atoms with van der Waals surface area (Å²) in [6.45, 7) is 15.2. The lowest BCUT2D eigenvalue weighted by Crippen LogP contribution is -2.49. The van der Waals surface area contributed by atoms with Crippen molar-refractivity contribution in [3.8, 4) is 0 Å². The summed E-state index contributed by atoms with van der Waals surface area (Å²) in [6, 6.07) is 0.493. The minimum atomic E-state index is 0.493. The lowest BCUT2D eigenvalue weighted by Gasteiger charge is -2.35. The van der Waals surface area contributed by atoms with E-state index in [-0.39, 0.29) is 0 Å². The predicted octanol–water partition coefficient (Wildman–Crippen LogP) is 0.604. The molecule has 2 N–H and O–H groups in total. The van der Waals surface area contributed by atoms with Gasteiger partial charge in [0.15, 0.2) is 5.96 Å². The van der Waals surface area contributed by atoms with E-state index in [1.54, 1.807) is 0 Å². The predicted molar refractivity (Wildman–Crippen MR) is 93.6 cm³/mol. The standard InChI is InChI=1S/C16H35N5O/c1-5-17-16(18-8-7-13-22-6-2)19-14-15(3)21-11-9-20(4)10-12-21/h15H,5-14H2,1-4H3,(H2,17,18,19). The lowest BCUT2D eigenvalue weighted by molar-refractivity contribution is 0.122.